The van der Waals surface area contributed by atoms with E-state index < -0.39 is 0 Å². The van der Waals surface area contributed by atoms with Gasteiger partial charge in [-0.15, -0.1) is 0 Å². The molecule has 4 nitrogen and oxygen atoms in total. The summed E-state index contributed by atoms with van der Waals surface area (Å²) in [6.07, 6.45) is 1.45. The van der Waals surface area contributed by atoms with Crippen LogP contribution in [0.1, 0.15) is 28.9 Å². The number of anilines is 1. The van der Waals surface area contributed by atoms with Crippen LogP contribution in [0.25, 0.3) is 0 Å². The number of rotatable bonds is 4. The van der Waals surface area contributed by atoms with Crippen molar-refractivity contribution < 1.29 is 9.18 Å². The van der Waals surface area contributed by atoms with Crippen LogP contribution in [0.15, 0.2) is 36.5 Å². The van der Waals surface area contributed by atoms with Crippen LogP contribution in [0, 0.1) is 5.82 Å². The number of carbonyl (C=O) groups excluding carboxylic acids is 1. The monoisotopic (exact) mass is 307 g/mol. The number of pyridine rings is 1. The summed E-state index contributed by atoms with van der Waals surface area (Å²) in [4.78, 5) is 16.2. The Morgan fingerprint density at radius 1 is 1.33 bits per heavy atom. The summed E-state index contributed by atoms with van der Waals surface area (Å²) in [5, 5.41) is 6.01. The van der Waals surface area contributed by atoms with E-state index >= 15 is 0 Å². The fourth-order valence-electron chi connectivity index (χ4n) is 1.86. The van der Waals surface area contributed by atoms with Gasteiger partial charge in [-0.05, 0) is 30.7 Å². The Kier molecular flexibility index (Phi) is 4.75. The number of aromatic nitrogens is 1. The summed E-state index contributed by atoms with van der Waals surface area (Å²) in [6, 6.07) is 7.29. The number of nitrogens with one attached hydrogen (secondary N) is 2. The van der Waals surface area contributed by atoms with Crippen LogP contribution in [0.4, 0.5) is 10.2 Å². The highest BCUT2D eigenvalue weighted by molar-refractivity contribution is 6.33. The zero-order chi connectivity index (χ0) is 15.4. The van der Waals surface area contributed by atoms with Gasteiger partial charge in [0.15, 0.2) is 0 Å². The molecule has 110 valence electrons. The molecule has 1 unspecified atom stereocenters. The molecule has 1 aromatic carbocycles. The summed E-state index contributed by atoms with van der Waals surface area (Å²) in [5.41, 5.74) is 1.18. The second kappa shape index (κ2) is 6.54. The molecule has 1 amide bonds. The van der Waals surface area contributed by atoms with Gasteiger partial charge in [0.25, 0.3) is 5.91 Å². The van der Waals surface area contributed by atoms with E-state index in [1.807, 2.05) is 6.92 Å². The Balaban J connectivity index is 2.10. The van der Waals surface area contributed by atoms with Crippen LogP contribution in [-0.4, -0.2) is 17.9 Å². The molecule has 2 N–H and O–H groups in total. The van der Waals surface area contributed by atoms with E-state index in [-0.39, 0.29) is 17.8 Å². The third kappa shape index (κ3) is 3.70. The highest BCUT2D eigenvalue weighted by Crippen LogP contribution is 2.20. The van der Waals surface area contributed by atoms with Gasteiger partial charge in [-0.1, -0.05) is 23.7 Å². The molecule has 1 atom stereocenters. The SMILES string of the molecule is CNc1ncc(C(=O)NC(C)c2ccc(F)cc2)cc1Cl. The first-order chi connectivity index (χ1) is 10.0. The molecular weight excluding hydrogens is 293 g/mol. The van der Waals surface area contributed by atoms with Gasteiger partial charge in [-0.3, -0.25) is 4.79 Å². The van der Waals surface area contributed by atoms with Crippen molar-refractivity contribution in [2.45, 2.75) is 13.0 Å². The van der Waals surface area contributed by atoms with Gasteiger partial charge in [-0.25, -0.2) is 9.37 Å². The van der Waals surface area contributed by atoms with Crippen molar-refractivity contribution in [3.8, 4) is 0 Å². The normalized spacial score (nSPS) is 11.8. The fourth-order valence-corrected chi connectivity index (χ4v) is 2.12. The molecule has 0 saturated carbocycles. The van der Waals surface area contributed by atoms with E-state index in [2.05, 4.69) is 15.6 Å². The van der Waals surface area contributed by atoms with E-state index in [9.17, 15) is 9.18 Å². The summed E-state index contributed by atoms with van der Waals surface area (Å²) in [6.45, 7) is 1.82. The van der Waals surface area contributed by atoms with Crippen molar-refractivity contribution >= 4 is 23.3 Å². The van der Waals surface area contributed by atoms with Gasteiger partial charge in [0, 0.05) is 13.2 Å². The molecule has 0 spiro atoms. The van der Waals surface area contributed by atoms with Crippen molar-refractivity contribution in [2.75, 3.05) is 12.4 Å². The third-order valence-corrected chi connectivity index (χ3v) is 3.35. The molecule has 0 radical (unpaired) electrons. The molecule has 0 aliphatic carbocycles. The Morgan fingerprint density at radius 3 is 2.57 bits per heavy atom. The number of nitrogens with zero attached hydrogens (tertiary/aromatic N) is 1. The molecule has 0 aliphatic rings. The summed E-state index contributed by atoms with van der Waals surface area (Å²) in [7, 11) is 1.70. The van der Waals surface area contributed by atoms with Crippen molar-refractivity contribution in [3.63, 3.8) is 0 Å². The molecule has 21 heavy (non-hydrogen) atoms. The maximum atomic E-state index is 12.9. The maximum Gasteiger partial charge on any atom is 0.253 e. The van der Waals surface area contributed by atoms with E-state index in [0.717, 1.165) is 5.56 Å². The molecule has 6 heteroatoms. The van der Waals surface area contributed by atoms with E-state index in [1.165, 1.54) is 18.3 Å². The minimum absolute atomic E-state index is 0.249. The van der Waals surface area contributed by atoms with Crippen LogP contribution in [-0.2, 0) is 0 Å². The molecule has 0 fully saturated rings. The predicted octanol–water partition coefficient (Wildman–Crippen LogP) is 3.41. The third-order valence-electron chi connectivity index (χ3n) is 3.06. The highest BCUT2D eigenvalue weighted by atomic mass is 35.5. The summed E-state index contributed by atoms with van der Waals surface area (Å²) >= 11 is 6.00. The molecule has 2 rings (SSSR count). The van der Waals surface area contributed by atoms with Gasteiger partial charge in [-0.2, -0.15) is 0 Å². The molecule has 0 aliphatic heterocycles. The predicted molar refractivity (Wildman–Crippen MR) is 81.1 cm³/mol. The van der Waals surface area contributed by atoms with Crippen LogP contribution in [0.2, 0.25) is 5.02 Å². The highest BCUT2D eigenvalue weighted by Gasteiger charge is 2.13. The molecule has 1 aromatic heterocycles. The van der Waals surface area contributed by atoms with E-state index in [1.54, 1.807) is 25.2 Å². The average molecular weight is 308 g/mol. The first-order valence-electron chi connectivity index (χ1n) is 6.41. The lowest BCUT2D eigenvalue weighted by atomic mass is 10.1. The van der Waals surface area contributed by atoms with Gasteiger partial charge in [0.1, 0.15) is 11.6 Å². The largest absolute Gasteiger partial charge is 0.372 e. The van der Waals surface area contributed by atoms with Crippen molar-refractivity contribution in [1.29, 1.82) is 0 Å². The second-order valence-corrected chi connectivity index (χ2v) is 4.96. The number of benzene rings is 1. The lowest BCUT2D eigenvalue weighted by molar-refractivity contribution is 0.0939. The number of carbonyl (C=O) groups is 1. The number of hydrogen-bond acceptors (Lipinski definition) is 3. The molecule has 0 saturated heterocycles. The van der Waals surface area contributed by atoms with Gasteiger partial charge in [0.05, 0.1) is 16.6 Å². The number of amides is 1. The van der Waals surface area contributed by atoms with Crippen molar-refractivity contribution in [2.24, 2.45) is 0 Å². The average Bonchev–Trinajstić information content (AvgIpc) is 2.47. The topological polar surface area (TPSA) is 54.0 Å². The Morgan fingerprint density at radius 2 is 2.00 bits per heavy atom. The first kappa shape index (κ1) is 15.3. The lowest BCUT2D eigenvalue weighted by Gasteiger charge is -2.14. The first-order valence-corrected chi connectivity index (χ1v) is 6.78. The van der Waals surface area contributed by atoms with Crippen molar-refractivity contribution in [1.82, 2.24) is 10.3 Å². The standard InChI is InChI=1S/C15H15ClFN3O/c1-9(10-3-5-12(17)6-4-10)20-15(21)11-7-13(16)14(18-2)19-8-11/h3-9H,1-2H3,(H,18,19)(H,20,21). The van der Waals surface area contributed by atoms with Crippen molar-refractivity contribution in [3.05, 3.63) is 58.5 Å². The minimum Gasteiger partial charge on any atom is -0.372 e. The van der Waals surface area contributed by atoms with Crippen LogP contribution in [0.3, 0.4) is 0 Å². The zero-order valence-electron chi connectivity index (χ0n) is 11.7. The zero-order valence-corrected chi connectivity index (χ0v) is 12.4. The fraction of sp³-hybridized carbons (Fsp3) is 0.200. The molecular formula is C15H15ClFN3O. The van der Waals surface area contributed by atoms with Gasteiger partial charge < -0.3 is 10.6 Å². The van der Waals surface area contributed by atoms with Gasteiger partial charge >= 0.3 is 0 Å². The van der Waals surface area contributed by atoms with Crippen LogP contribution < -0.4 is 10.6 Å². The Bertz CT molecular complexity index is 646. The molecule has 1 heterocycles. The van der Waals surface area contributed by atoms with Gasteiger partial charge in [0.2, 0.25) is 0 Å². The Hall–Kier alpha value is -2.14. The number of halogens is 2. The second-order valence-electron chi connectivity index (χ2n) is 4.55. The smallest absolute Gasteiger partial charge is 0.253 e. The van der Waals surface area contributed by atoms with Crippen LogP contribution in [0.5, 0.6) is 0 Å². The van der Waals surface area contributed by atoms with E-state index in [0.29, 0.717) is 16.4 Å². The lowest BCUT2D eigenvalue weighted by Crippen LogP contribution is -2.26. The Labute approximate surface area is 127 Å². The summed E-state index contributed by atoms with van der Waals surface area (Å²) < 4.78 is 12.9. The summed E-state index contributed by atoms with van der Waals surface area (Å²) in [5.74, 6) is -0.0837. The minimum atomic E-state index is -0.309. The quantitative estimate of drug-likeness (QED) is 0.910. The maximum absolute atomic E-state index is 12.9. The molecule has 0 bridgehead atoms. The molecule has 2 aromatic rings. The number of hydrogen-bond donors (Lipinski definition) is 2. The van der Waals surface area contributed by atoms with Crippen LogP contribution >= 0.6 is 11.6 Å². The van der Waals surface area contributed by atoms with E-state index in [4.69, 9.17) is 11.6 Å².